The van der Waals surface area contributed by atoms with E-state index in [0.29, 0.717) is 22.9 Å². The zero-order valence-electron chi connectivity index (χ0n) is 24.6. The van der Waals surface area contributed by atoms with Crippen molar-refractivity contribution < 1.29 is 19.1 Å². The van der Waals surface area contributed by atoms with Crippen LogP contribution in [0.25, 0.3) is 32.5 Å². The largest absolute Gasteiger partial charge is 0.443 e. The van der Waals surface area contributed by atoms with E-state index in [4.69, 9.17) is 9.47 Å². The summed E-state index contributed by atoms with van der Waals surface area (Å²) < 4.78 is 15.1. The predicted molar refractivity (Wildman–Crippen MR) is 160 cm³/mol. The molecule has 3 aromatic heterocycles. The Bertz CT molecular complexity index is 1540. The first-order chi connectivity index (χ1) is 18.8. The van der Waals surface area contributed by atoms with E-state index in [1.807, 2.05) is 65.1 Å². The van der Waals surface area contributed by atoms with Crippen LogP contribution >= 0.6 is 11.3 Å². The van der Waals surface area contributed by atoms with Gasteiger partial charge in [0.1, 0.15) is 16.9 Å². The lowest BCUT2D eigenvalue weighted by atomic mass is 9.94. The Hall–Kier alpha value is -3.17. The molecule has 0 unspecified atom stereocenters. The minimum absolute atomic E-state index is 0.485. The molecule has 1 aliphatic carbocycles. The normalized spacial score (nSPS) is 15.3. The van der Waals surface area contributed by atoms with Crippen LogP contribution in [0.1, 0.15) is 79.2 Å². The highest BCUT2D eigenvalue weighted by atomic mass is 32.1. The van der Waals surface area contributed by atoms with Crippen molar-refractivity contribution in [2.75, 3.05) is 7.05 Å². The lowest BCUT2D eigenvalue weighted by Gasteiger charge is -2.31. The minimum Gasteiger partial charge on any atom is -0.443 e. The number of rotatable bonds is 4. The quantitative estimate of drug-likeness (QED) is 0.250. The summed E-state index contributed by atoms with van der Waals surface area (Å²) in [4.78, 5) is 29.1. The zero-order chi connectivity index (χ0) is 28.8. The topological polar surface area (TPSA) is 78.6 Å². The van der Waals surface area contributed by atoms with E-state index in [9.17, 15) is 9.59 Å². The molecule has 0 aliphatic heterocycles. The van der Waals surface area contributed by atoms with Gasteiger partial charge in [0.05, 0.1) is 21.4 Å². The maximum absolute atomic E-state index is 13.6. The van der Waals surface area contributed by atoms with Gasteiger partial charge in [-0.15, -0.1) is 11.3 Å². The van der Waals surface area contributed by atoms with E-state index in [0.717, 1.165) is 22.1 Å². The summed E-state index contributed by atoms with van der Waals surface area (Å²) >= 11 is 1.47. The third-order valence-corrected chi connectivity index (χ3v) is 8.08. The Balaban J connectivity index is 1.60. The highest BCUT2D eigenvalue weighted by Gasteiger charge is 2.29. The molecule has 4 aromatic rings. The number of aromatic nitrogens is 3. The van der Waals surface area contributed by atoms with Crippen molar-refractivity contribution in [2.24, 2.45) is 0 Å². The van der Waals surface area contributed by atoms with Crippen LogP contribution in [0.5, 0.6) is 0 Å². The Morgan fingerprint density at radius 2 is 1.62 bits per heavy atom. The van der Waals surface area contributed by atoms with Crippen molar-refractivity contribution in [2.45, 2.75) is 97.4 Å². The summed E-state index contributed by atoms with van der Waals surface area (Å²) in [5.41, 5.74) is 2.35. The molecule has 214 valence electrons. The Morgan fingerprint density at radius 3 is 2.30 bits per heavy atom. The average molecular weight is 565 g/mol. The third-order valence-electron chi connectivity index (χ3n) is 7.17. The Labute approximate surface area is 239 Å². The van der Waals surface area contributed by atoms with E-state index in [1.54, 1.807) is 4.57 Å². The highest BCUT2D eigenvalue weighted by Crippen LogP contribution is 2.37. The number of benzene rings is 1. The number of thiophene rings is 1. The summed E-state index contributed by atoms with van der Waals surface area (Å²) in [6, 6.07) is 10.7. The van der Waals surface area contributed by atoms with Crippen LogP contribution in [0.2, 0.25) is 0 Å². The number of hydrogen-bond acceptors (Lipinski definition) is 7. The van der Waals surface area contributed by atoms with Crippen LogP contribution in [0.15, 0.2) is 35.7 Å². The van der Waals surface area contributed by atoms with Crippen LogP contribution < -0.4 is 0 Å². The molecule has 0 bridgehead atoms. The van der Waals surface area contributed by atoms with Gasteiger partial charge in [0, 0.05) is 18.0 Å². The summed E-state index contributed by atoms with van der Waals surface area (Å²) in [5, 5.41) is 7.52. The first kappa shape index (κ1) is 28.4. The van der Waals surface area contributed by atoms with Crippen LogP contribution in [0.4, 0.5) is 9.59 Å². The van der Waals surface area contributed by atoms with Gasteiger partial charge in [-0.25, -0.2) is 14.2 Å². The number of carbonyl (C=O) groups is 2. The van der Waals surface area contributed by atoms with Gasteiger partial charge in [-0.2, -0.15) is 9.78 Å². The molecule has 1 saturated carbocycles. The molecule has 40 heavy (non-hydrogen) atoms. The molecule has 0 atom stereocenters. The maximum atomic E-state index is 13.6. The van der Waals surface area contributed by atoms with Gasteiger partial charge in [0.2, 0.25) is 0 Å². The van der Waals surface area contributed by atoms with Crippen LogP contribution in [0.3, 0.4) is 0 Å². The fourth-order valence-corrected chi connectivity index (χ4v) is 6.30. The molecular formula is C31H40N4O4S. The first-order valence-electron chi connectivity index (χ1n) is 14.1. The minimum atomic E-state index is -0.679. The summed E-state index contributed by atoms with van der Waals surface area (Å²) in [7, 11) is 2.20. The van der Waals surface area contributed by atoms with Crippen LogP contribution in [-0.4, -0.2) is 55.7 Å². The molecule has 9 heteroatoms. The van der Waals surface area contributed by atoms with Gasteiger partial charge >= 0.3 is 12.2 Å². The van der Waals surface area contributed by atoms with E-state index < -0.39 is 23.4 Å². The monoisotopic (exact) mass is 564 g/mol. The number of carbonyl (C=O) groups excluding carboxylic acids is 2. The Kier molecular flexibility index (Phi) is 7.56. The van der Waals surface area contributed by atoms with Gasteiger partial charge in [-0.1, -0.05) is 25.3 Å². The summed E-state index contributed by atoms with van der Waals surface area (Å²) in [5.74, 6) is 0. The van der Waals surface area contributed by atoms with Crippen molar-refractivity contribution >= 4 is 44.6 Å². The van der Waals surface area contributed by atoms with Crippen molar-refractivity contribution in [3.8, 4) is 11.4 Å². The maximum Gasteiger partial charge on any atom is 0.435 e. The number of nitrogens with zero attached hydrogens (tertiary/aromatic N) is 4. The van der Waals surface area contributed by atoms with Crippen molar-refractivity contribution in [1.82, 2.24) is 19.2 Å². The van der Waals surface area contributed by atoms with Gasteiger partial charge in [-0.3, -0.25) is 4.90 Å². The second kappa shape index (κ2) is 10.7. The second-order valence-corrected chi connectivity index (χ2v) is 13.7. The second-order valence-electron chi connectivity index (χ2n) is 12.8. The first-order valence-corrected chi connectivity index (χ1v) is 15.0. The van der Waals surface area contributed by atoms with Crippen LogP contribution in [0, 0.1) is 0 Å². The lowest BCUT2D eigenvalue weighted by molar-refractivity contribution is 0.0520. The molecular weight excluding hydrogens is 524 g/mol. The molecule has 0 radical (unpaired) electrons. The molecule has 0 saturated heterocycles. The molecule has 3 heterocycles. The van der Waals surface area contributed by atoms with Crippen molar-refractivity contribution in [3.63, 3.8) is 0 Å². The Morgan fingerprint density at radius 1 is 0.950 bits per heavy atom. The smallest absolute Gasteiger partial charge is 0.435 e. The summed E-state index contributed by atoms with van der Waals surface area (Å²) in [6.07, 6.45) is 5.37. The number of ether oxygens (including phenoxy) is 2. The van der Waals surface area contributed by atoms with E-state index in [-0.39, 0.29) is 0 Å². The number of fused-ring (bicyclic) bond motifs is 2. The molecule has 5 rings (SSSR count). The van der Waals surface area contributed by atoms with Gasteiger partial charge < -0.3 is 9.47 Å². The molecule has 1 fully saturated rings. The number of hydrogen-bond donors (Lipinski definition) is 0. The lowest BCUT2D eigenvalue weighted by Crippen LogP contribution is -2.32. The molecule has 0 N–H and O–H groups in total. The molecule has 8 nitrogen and oxygen atoms in total. The van der Waals surface area contributed by atoms with Gasteiger partial charge in [-0.05, 0) is 96.6 Å². The van der Waals surface area contributed by atoms with Gasteiger partial charge in [0.25, 0.3) is 0 Å². The molecule has 1 aliphatic rings. The highest BCUT2D eigenvalue weighted by molar-refractivity contribution is 7.17. The fourth-order valence-electron chi connectivity index (χ4n) is 5.44. The molecule has 1 aromatic carbocycles. The standard InChI is InChI=1S/C31H40N4O4S/c1-30(2,3)38-28(36)34-23-14-13-20(19-33(7)22-11-9-8-10-12-22)17-21(23)18-25(34)26-27-24(15-16-40-27)35(32-26)29(37)39-31(4,5)6/h13-18,22H,8-12,19H2,1-7H3. The van der Waals surface area contributed by atoms with Gasteiger partial charge in [0.15, 0.2) is 0 Å². The van der Waals surface area contributed by atoms with Crippen molar-refractivity contribution in [3.05, 3.63) is 41.3 Å². The van der Waals surface area contributed by atoms with E-state index in [2.05, 4.69) is 29.2 Å². The van der Waals surface area contributed by atoms with E-state index >= 15 is 0 Å². The molecule has 0 spiro atoms. The SMILES string of the molecule is CN(Cc1ccc2c(c1)cc(-c1nn(C(=O)OC(C)(C)C)c3ccsc13)n2C(=O)OC(C)(C)C)C1CCCCC1. The van der Waals surface area contributed by atoms with Crippen LogP contribution in [-0.2, 0) is 16.0 Å². The van der Waals surface area contributed by atoms with Crippen molar-refractivity contribution in [1.29, 1.82) is 0 Å². The van der Waals surface area contributed by atoms with E-state index in [1.165, 1.54) is 53.7 Å². The molecule has 0 amide bonds. The fraction of sp³-hybridized carbons (Fsp3) is 0.516. The predicted octanol–water partition coefficient (Wildman–Crippen LogP) is 8.05. The zero-order valence-corrected chi connectivity index (χ0v) is 25.4. The summed E-state index contributed by atoms with van der Waals surface area (Å²) in [6.45, 7) is 11.9. The average Bonchev–Trinajstić information content (AvgIpc) is 3.55. The third kappa shape index (κ3) is 5.95.